The molecule has 54 heavy (non-hydrogen) atoms. The highest BCUT2D eigenvalue weighted by Gasteiger charge is 2.51. The number of hydrogen-bond donors (Lipinski definition) is 6. The summed E-state index contributed by atoms with van der Waals surface area (Å²) in [7, 11) is 0. The van der Waals surface area contributed by atoms with Crippen LogP contribution in [-0.2, 0) is 23.8 Å². The van der Waals surface area contributed by atoms with Gasteiger partial charge in [-0.3, -0.25) is 4.79 Å². The second-order valence-corrected chi connectivity index (χ2v) is 17.3. The van der Waals surface area contributed by atoms with E-state index in [-0.39, 0.29) is 30.0 Å². The zero-order valence-corrected chi connectivity index (χ0v) is 34.2. The summed E-state index contributed by atoms with van der Waals surface area (Å²) in [5, 5.41) is 65.5. The Morgan fingerprint density at radius 1 is 0.852 bits per heavy atom. The van der Waals surface area contributed by atoms with E-state index in [0.29, 0.717) is 32.1 Å². The molecule has 2 bridgehead atoms. The Morgan fingerprint density at radius 3 is 2.19 bits per heavy atom. The number of allylic oxidation sites excluding steroid dienone is 4. The maximum atomic E-state index is 13.4. The lowest BCUT2D eigenvalue weighted by Crippen LogP contribution is -2.57. The van der Waals surface area contributed by atoms with Crippen molar-refractivity contribution in [3.63, 3.8) is 0 Å². The van der Waals surface area contributed by atoms with Gasteiger partial charge in [0.2, 0.25) is 0 Å². The van der Waals surface area contributed by atoms with Gasteiger partial charge in [-0.15, -0.1) is 0 Å². The Labute approximate surface area is 323 Å². The molecule has 2 saturated heterocycles. The topological polar surface area (TPSA) is 183 Å². The van der Waals surface area contributed by atoms with Crippen LogP contribution < -0.4 is 0 Å². The highest BCUT2D eigenvalue weighted by Crippen LogP contribution is 2.46. The summed E-state index contributed by atoms with van der Waals surface area (Å²) in [6, 6.07) is 0. The van der Waals surface area contributed by atoms with Crippen LogP contribution in [0.3, 0.4) is 0 Å². The molecule has 6 N–H and O–H groups in total. The SMILES string of the molecule is CCC1/C=C/C=C/CC(C)C(O)C(C)(O)C(=O)CC(O)C(C)C(O)C(C)C(O)C(C)/C=C/C(=O)OC2CC3(CCC(C)C(CC(C)O)O3)OC(CC1)C2C. The summed E-state index contributed by atoms with van der Waals surface area (Å²) in [5.74, 6) is -4.56. The highest BCUT2D eigenvalue weighted by atomic mass is 16.7. The molecule has 0 amide bonds. The molecular weight excluding hydrogens is 692 g/mol. The average Bonchev–Trinajstić information content (AvgIpc) is 3.12. The second kappa shape index (κ2) is 20.5. The fourth-order valence-corrected chi connectivity index (χ4v) is 8.33. The number of Topliss-reactive ketones (excluding diaryl/α,β-unsaturated/α-hetero) is 1. The molecule has 1 spiro atoms. The van der Waals surface area contributed by atoms with Crippen molar-refractivity contribution in [2.45, 2.75) is 180 Å². The Morgan fingerprint density at radius 2 is 1.54 bits per heavy atom. The highest BCUT2D eigenvalue weighted by molar-refractivity contribution is 5.87. The number of esters is 1. The van der Waals surface area contributed by atoms with E-state index in [4.69, 9.17) is 14.2 Å². The molecular formula is C43H72O11. The summed E-state index contributed by atoms with van der Waals surface area (Å²) in [5.41, 5.74) is -2.12. The molecule has 0 aromatic carbocycles. The number of fused-ring (bicyclic) bond motifs is 2. The van der Waals surface area contributed by atoms with Crippen LogP contribution in [0.1, 0.15) is 120 Å². The standard InChI is InChI=1S/C43H72O11/c1-10-32-15-13-11-12-14-27(4)41(50)42(9,51)37(46)23-33(45)29(6)40(49)31(8)39(48)26(3)16-19-38(47)52-36-24-43(53-34(18-17-32)30(36)7)21-20-25(2)35(54-43)22-28(5)44/h11-13,15-16,19,25-36,39-41,44-45,48-51H,10,14,17-18,20-24H2,1-9H3/b12-11+,15-13+,19-16+. The lowest BCUT2D eigenvalue weighted by atomic mass is 9.78. The minimum atomic E-state index is -2.12. The molecule has 310 valence electrons. The molecule has 0 radical (unpaired) electrons. The van der Waals surface area contributed by atoms with Crippen molar-refractivity contribution in [2.24, 2.45) is 41.4 Å². The van der Waals surface area contributed by atoms with E-state index in [2.05, 4.69) is 19.9 Å². The minimum absolute atomic E-state index is 0.130. The molecule has 0 aromatic rings. The van der Waals surface area contributed by atoms with Gasteiger partial charge in [0.15, 0.2) is 11.6 Å². The summed E-state index contributed by atoms with van der Waals surface area (Å²) in [4.78, 5) is 26.5. The number of carbonyl (C=O) groups excluding carboxylic acids is 2. The van der Waals surface area contributed by atoms with Crippen molar-refractivity contribution in [1.82, 2.24) is 0 Å². The normalized spacial score (nSPS) is 46.6. The molecule has 17 unspecified atom stereocenters. The van der Waals surface area contributed by atoms with Gasteiger partial charge >= 0.3 is 5.97 Å². The fourth-order valence-electron chi connectivity index (χ4n) is 8.33. The average molecular weight is 765 g/mol. The number of hydrogen-bond acceptors (Lipinski definition) is 11. The third-order valence-electron chi connectivity index (χ3n) is 12.7. The van der Waals surface area contributed by atoms with E-state index in [1.54, 1.807) is 40.7 Å². The summed E-state index contributed by atoms with van der Waals surface area (Å²) in [6.07, 6.45) is 8.86. The van der Waals surface area contributed by atoms with Crippen LogP contribution >= 0.6 is 0 Å². The van der Waals surface area contributed by atoms with Crippen molar-refractivity contribution < 1.29 is 54.4 Å². The van der Waals surface area contributed by atoms with Crippen molar-refractivity contribution in [2.75, 3.05) is 0 Å². The fraction of sp³-hybridized carbons (Fsp3) is 0.814. The van der Waals surface area contributed by atoms with Gasteiger partial charge in [-0.25, -0.2) is 4.79 Å². The van der Waals surface area contributed by atoms with E-state index >= 15 is 0 Å². The van der Waals surface area contributed by atoms with E-state index < -0.39 is 89.9 Å². The predicted molar refractivity (Wildman–Crippen MR) is 207 cm³/mol. The molecule has 0 saturated carbocycles. The first-order valence-electron chi connectivity index (χ1n) is 20.5. The smallest absolute Gasteiger partial charge is 0.330 e. The van der Waals surface area contributed by atoms with Gasteiger partial charge in [0, 0.05) is 49.0 Å². The van der Waals surface area contributed by atoms with Crippen LogP contribution in [0.4, 0.5) is 0 Å². The second-order valence-electron chi connectivity index (χ2n) is 17.3. The number of aliphatic hydroxyl groups is 6. The molecule has 3 aliphatic rings. The maximum Gasteiger partial charge on any atom is 0.330 e. The van der Waals surface area contributed by atoms with Gasteiger partial charge in [0.05, 0.1) is 42.7 Å². The van der Waals surface area contributed by atoms with E-state index in [9.17, 15) is 40.2 Å². The van der Waals surface area contributed by atoms with Crippen LogP contribution in [0.25, 0.3) is 0 Å². The lowest BCUT2D eigenvalue weighted by molar-refractivity contribution is -0.347. The van der Waals surface area contributed by atoms with Crippen LogP contribution in [0.2, 0.25) is 0 Å². The first kappa shape index (κ1) is 46.4. The van der Waals surface area contributed by atoms with E-state index in [1.807, 2.05) is 25.2 Å². The molecule has 17 atom stereocenters. The molecule has 3 aliphatic heterocycles. The Hall–Kier alpha value is -1.96. The van der Waals surface area contributed by atoms with Gasteiger partial charge < -0.3 is 44.8 Å². The number of rotatable bonds is 3. The Kier molecular flexibility index (Phi) is 17.6. The van der Waals surface area contributed by atoms with Gasteiger partial charge in [0.1, 0.15) is 11.7 Å². The number of carbonyl (C=O) groups is 2. The quantitative estimate of drug-likeness (QED) is 0.208. The molecule has 11 nitrogen and oxygen atoms in total. The molecule has 3 heterocycles. The number of ketones is 1. The van der Waals surface area contributed by atoms with Crippen LogP contribution in [0.5, 0.6) is 0 Å². The Bertz CT molecular complexity index is 1280. The summed E-state index contributed by atoms with van der Waals surface area (Å²) < 4.78 is 19.7. The van der Waals surface area contributed by atoms with E-state index in [1.165, 1.54) is 13.0 Å². The summed E-state index contributed by atoms with van der Waals surface area (Å²) >= 11 is 0. The largest absolute Gasteiger partial charge is 0.459 e. The Balaban J connectivity index is 1.93. The molecule has 0 aromatic heterocycles. The van der Waals surface area contributed by atoms with Gasteiger partial charge in [-0.1, -0.05) is 78.8 Å². The predicted octanol–water partition coefficient (Wildman–Crippen LogP) is 5.18. The minimum Gasteiger partial charge on any atom is -0.459 e. The third-order valence-corrected chi connectivity index (χ3v) is 12.7. The van der Waals surface area contributed by atoms with Gasteiger partial charge in [0.25, 0.3) is 0 Å². The molecule has 11 heteroatoms. The maximum absolute atomic E-state index is 13.4. The van der Waals surface area contributed by atoms with Crippen molar-refractivity contribution >= 4 is 11.8 Å². The van der Waals surface area contributed by atoms with Crippen molar-refractivity contribution in [3.05, 3.63) is 36.5 Å². The first-order chi connectivity index (χ1) is 25.2. The van der Waals surface area contributed by atoms with Crippen molar-refractivity contribution in [3.8, 4) is 0 Å². The zero-order valence-electron chi connectivity index (χ0n) is 34.2. The third kappa shape index (κ3) is 12.3. The van der Waals surface area contributed by atoms with Crippen molar-refractivity contribution in [1.29, 1.82) is 0 Å². The van der Waals surface area contributed by atoms with Gasteiger partial charge in [-0.05, 0) is 70.1 Å². The zero-order chi connectivity index (χ0) is 40.5. The van der Waals surface area contributed by atoms with Crippen LogP contribution in [-0.4, -0.2) is 103 Å². The number of aliphatic hydroxyl groups excluding tert-OH is 5. The van der Waals surface area contributed by atoms with E-state index in [0.717, 1.165) is 19.3 Å². The van der Waals surface area contributed by atoms with Gasteiger partial charge in [-0.2, -0.15) is 0 Å². The molecule has 2 fully saturated rings. The first-order valence-corrected chi connectivity index (χ1v) is 20.5. The molecule has 3 rings (SSSR count). The number of ether oxygens (including phenoxy) is 3. The van der Waals surface area contributed by atoms with Crippen LogP contribution in [0, 0.1) is 41.4 Å². The lowest BCUT2D eigenvalue weighted by Gasteiger charge is -2.52. The molecule has 0 aliphatic carbocycles. The summed E-state index contributed by atoms with van der Waals surface area (Å²) in [6.45, 7) is 15.9. The van der Waals surface area contributed by atoms with Crippen LogP contribution in [0.15, 0.2) is 36.5 Å². The monoisotopic (exact) mass is 765 g/mol.